The number of ether oxygens (including phenoxy) is 1. The van der Waals surface area contributed by atoms with Crippen molar-refractivity contribution in [1.82, 2.24) is 4.98 Å². The van der Waals surface area contributed by atoms with Gasteiger partial charge in [-0.1, -0.05) is 0 Å². The third-order valence-corrected chi connectivity index (χ3v) is 3.28. The SMILES string of the molecule is NCc1c(I)cc(OC(F)(F)F)nc1I. The van der Waals surface area contributed by atoms with E-state index in [1.807, 2.05) is 45.2 Å². The van der Waals surface area contributed by atoms with E-state index in [1.165, 1.54) is 6.07 Å². The van der Waals surface area contributed by atoms with Crippen LogP contribution in [0, 0.1) is 7.27 Å². The molecular formula is C7H5F3I2N2O. The van der Waals surface area contributed by atoms with Crippen molar-refractivity contribution in [2.75, 3.05) is 0 Å². The summed E-state index contributed by atoms with van der Waals surface area (Å²) in [5, 5.41) is 0. The summed E-state index contributed by atoms with van der Waals surface area (Å²) in [7, 11) is 0. The normalized spacial score (nSPS) is 11.6. The van der Waals surface area contributed by atoms with E-state index in [9.17, 15) is 13.2 Å². The van der Waals surface area contributed by atoms with E-state index < -0.39 is 12.2 Å². The average Bonchev–Trinajstić information content (AvgIpc) is 1.99. The molecule has 0 radical (unpaired) electrons. The van der Waals surface area contributed by atoms with Gasteiger partial charge in [-0.25, -0.2) is 4.98 Å². The Hall–Kier alpha value is 0.160. The molecule has 1 aromatic heterocycles. The van der Waals surface area contributed by atoms with Gasteiger partial charge in [-0.2, -0.15) is 0 Å². The molecule has 0 bridgehead atoms. The summed E-state index contributed by atoms with van der Waals surface area (Å²) < 4.78 is 40.4. The first-order valence-electron chi connectivity index (χ1n) is 3.64. The molecule has 1 heterocycles. The fourth-order valence-electron chi connectivity index (χ4n) is 0.843. The van der Waals surface area contributed by atoms with Gasteiger partial charge in [-0.3, -0.25) is 0 Å². The zero-order valence-electron chi connectivity index (χ0n) is 7.11. The van der Waals surface area contributed by atoms with E-state index in [0.717, 1.165) is 0 Å². The maximum Gasteiger partial charge on any atom is 0.574 e. The molecule has 0 aromatic carbocycles. The molecule has 8 heteroatoms. The minimum absolute atomic E-state index is 0.232. The summed E-state index contributed by atoms with van der Waals surface area (Å²) >= 11 is 3.71. The van der Waals surface area contributed by atoms with Crippen LogP contribution in [0.4, 0.5) is 13.2 Å². The first-order valence-corrected chi connectivity index (χ1v) is 5.80. The van der Waals surface area contributed by atoms with Crippen LogP contribution in [-0.4, -0.2) is 11.3 Å². The molecule has 84 valence electrons. The van der Waals surface area contributed by atoms with Gasteiger partial charge in [0.05, 0.1) is 0 Å². The molecule has 0 spiro atoms. The zero-order valence-corrected chi connectivity index (χ0v) is 11.4. The summed E-state index contributed by atoms with van der Waals surface area (Å²) in [4.78, 5) is 3.65. The van der Waals surface area contributed by atoms with Crippen molar-refractivity contribution in [3.63, 3.8) is 0 Å². The summed E-state index contributed by atoms with van der Waals surface area (Å²) in [5.41, 5.74) is 6.13. The smallest absolute Gasteiger partial charge is 0.388 e. The topological polar surface area (TPSA) is 48.1 Å². The summed E-state index contributed by atoms with van der Waals surface area (Å²) in [6, 6.07) is 1.21. The molecular weight excluding hydrogens is 439 g/mol. The third kappa shape index (κ3) is 3.90. The van der Waals surface area contributed by atoms with Gasteiger partial charge in [-0.05, 0) is 45.2 Å². The number of aromatic nitrogens is 1. The monoisotopic (exact) mass is 444 g/mol. The van der Waals surface area contributed by atoms with Gasteiger partial charge in [0.15, 0.2) is 0 Å². The maximum absolute atomic E-state index is 11.9. The van der Waals surface area contributed by atoms with Crippen molar-refractivity contribution in [1.29, 1.82) is 0 Å². The van der Waals surface area contributed by atoms with Crippen LogP contribution in [0.25, 0.3) is 0 Å². The molecule has 0 fully saturated rings. The van der Waals surface area contributed by atoms with Gasteiger partial charge in [-0.15, -0.1) is 13.2 Å². The van der Waals surface area contributed by atoms with Crippen LogP contribution in [-0.2, 0) is 6.54 Å². The van der Waals surface area contributed by atoms with Crippen molar-refractivity contribution >= 4 is 45.2 Å². The highest BCUT2D eigenvalue weighted by molar-refractivity contribution is 14.1. The summed E-state index contributed by atoms with van der Waals surface area (Å²) in [6.45, 7) is 0.232. The van der Waals surface area contributed by atoms with E-state index >= 15 is 0 Å². The van der Waals surface area contributed by atoms with Crippen LogP contribution in [0.1, 0.15) is 5.56 Å². The largest absolute Gasteiger partial charge is 0.574 e. The number of nitrogens with two attached hydrogens (primary N) is 1. The molecule has 0 aliphatic rings. The first-order chi connectivity index (χ1) is 6.83. The lowest BCUT2D eigenvalue weighted by Crippen LogP contribution is -2.18. The lowest BCUT2D eigenvalue weighted by Gasteiger charge is -2.10. The molecule has 1 aromatic rings. The lowest BCUT2D eigenvalue weighted by molar-refractivity contribution is -0.276. The lowest BCUT2D eigenvalue weighted by atomic mass is 10.3. The third-order valence-electron chi connectivity index (χ3n) is 1.42. The van der Waals surface area contributed by atoms with Gasteiger partial charge in [0.2, 0.25) is 5.88 Å². The molecule has 0 aliphatic heterocycles. The molecule has 0 saturated carbocycles. The Morgan fingerprint density at radius 3 is 2.40 bits per heavy atom. The zero-order chi connectivity index (χ0) is 11.6. The van der Waals surface area contributed by atoms with Crippen molar-refractivity contribution in [3.8, 4) is 5.88 Å². The molecule has 1 rings (SSSR count). The highest BCUT2D eigenvalue weighted by Crippen LogP contribution is 2.26. The van der Waals surface area contributed by atoms with Gasteiger partial charge >= 0.3 is 6.36 Å². The second kappa shape index (κ2) is 4.99. The number of hydrogen-bond donors (Lipinski definition) is 1. The van der Waals surface area contributed by atoms with Crippen molar-refractivity contribution in [2.24, 2.45) is 5.73 Å². The standard InChI is InChI=1S/C7H5F3I2N2O/c8-7(9,10)15-5-1-4(11)3(2-13)6(12)14-5/h1H,2,13H2. The van der Waals surface area contributed by atoms with Crippen LogP contribution < -0.4 is 10.5 Å². The van der Waals surface area contributed by atoms with Crippen LogP contribution in [0.3, 0.4) is 0 Å². The Morgan fingerprint density at radius 2 is 2.00 bits per heavy atom. The predicted molar refractivity (Wildman–Crippen MR) is 64.2 cm³/mol. The number of halogens is 5. The van der Waals surface area contributed by atoms with Gasteiger partial charge < -0.3 is 10.5 Å². The molecule has 2 N–H and O–H groups in total. The Kier molecular flexibility index (Phi) is 4.40. The van der Waals surface area contributed by atoms with E-state index in [-0.39, 0.29) is 6.54 Å². The Balaban J connectivity index is 3.04. The van der Waals surface area contributed by atoms with Gasteiger partial charge in [0.1, 0.15) is 3.70 Å². The number of alkyl halides is 3. The second-order valence-electron chi connectivity index (χ2n) is 2.46. The van der Waals surface area contributed by atoms with Gasteiger partial charge in [0, 0.05) is 21.7 Å². The fourth-order valence-corrected chi connectivity index (χ4v) is 2.85. The minimum atomic E-state index is -4.72. The fraction of sp³-hybridized carbons (Fsp3) is 0.286. The molecule has 0 aliphatic carbocycles. The van der Waals surface area contributed by atoms with Crippen LogP contribution in [0.15, 0.2) is 6.07 Å². The van der Waals surface area contributed by atoms with Crippen LogP contribution in [0.5, 0.6) is 5.88 Å². The first kappa shape index (κ1) is 13.2. The molecule has 0 saturated heterocycles. The summed E-state index contributed by atoms with van der Waals surface area (Å²) in [5.74, 6) is -0.464. The van der Waals surface area contributed by atoms with E-state index in [4.69, 9.17) is 5.73 Å². The van der Waals surface area contributed by atoms with Gasteiger partial charge in [0.25, 0.3) is 0 Å². The van der Waals surface area contributed by atoms with E-state index in [0.29, 0.717) is 12.8 Å². The molecule has 0 atom stereocenters. The van der Waals surface area contributed by atoms with E-state index in [1.54, 1.807) is 0 Å². The number of rotatable bonds is 2. The Labute approximate surface area is 111 Å². The predicted octanol–water partition coefficient (Wildman–Crippen LogP) is 2.65. The maximum atomic E-state index is 11.9. The second-order valence-corrected chi connectivity index (χ2v) is 4.65. The van der Waals surface area contributed by atoms with Crippen molar-refractivity contribution in [3.05, 3.63) is 18.9 Å². The highest BCUT2D eigenvalue weighted by Gasteiger charge is 2.32. The number of nitrogens with zero attached hydrogens (tertiary/aromatic N) is 1. The summed E-state index contributed by atoms with van der Waals surface area (Å²) in [6.07, 6.45) is -4.72. The molecule has 0 unspecified atom stereocenters. The minimum Gasteiger partial charge on any atom is -0.388 e. The van der Waals surface area contributed by atoms with Crippen LogP contribution >= 0.6 is 45.2 Å². The molecule has 3 nitrogen and oxygen atoms in total. The van der Waals surface area contributed by atoms with E-state index in [2.05, 4.69) is 9.72 Å². The van der Waals surface area contributed by atoms with Crippen molar-refractivity contribution in [2.45, 2.75) is 12.9 Å². The Morgan fingerprint density at radius 1 is 1.40 bits per heavy atom. The molecule has 0 amide bonds. The number of pyridine rings is 1. The quantitative estimate of drug-likeness (QED) is 0.564. The highest BCUT2D eigenvalue weighted by atomic mass is 127. The van der Waals surface area contributed by atoms with Crippen molar-refractivity contribution < 1.29 is 17.9 Å². The van der Waals surface area contributed by atoms with Crippen LogP contribution in [0.2, 0.25) is 0 Å². The number of hydrogen-bond acceptors (Lipinski definition) is 3. The average molecular weight is 444 g/mol. The Bertz CT molecular complexity index is 347. The molecule has 15 heavy (non-hydrogen) atoms.